The van der Waals surface area contributed by atoms with Gasteiger partial charge in [0.15, 0.2) is 0 Å². The zero-order valence-electron chi connectivity index (χ0n) is 10.4. The normalized spacial score (nSPS) is 19.0. The highest BCUT2D eigenvalue weighted by atomic mass is 14.9. The molecule has 92 valence electrons. The molecule has 0 amide bonds. The largest absolute Gasteiger partial charge is 0.399 e. The van der Waals surface area contributed by atoms with Gasteiger partial charge in [-0.25, -0.2) is 0 Å². The average Bonchev–Trinajstić information content (AvgIpc) is 2.93. The highest BCUT2D eigenvalue weighted by Gasteiger charge is 2.19. The molecule has 1 saturated heterocycles. The molecule has 1 aliphatic heterocycles. The summed E-state index contributed by atoms with van der Waals surface area (Å²) in [5.41, 5.74) is 10.6. The maximum Gasteiger partial charge on any atom is 0.0314 e. The van der Waals surface area contributed by atoms with Crippen molar-refractivity contribution in [2.75, 3.05) is 18.8 Å². The number of nitrogens with two attached hydrogens (primary N) is 1. The van der Waals surface area contributed by atoms with Gasteiger partial charge in [0.1, 0.15) is 0 Å². The Kier molecular flexibility index (Phi) is 3.03. The molecular formula is C16H18N2. The first-order chi connectivity index (χ1) is 8.84. The fourth-order valence-corrected chi connectivity index (χ4v) is 2.70. The lowest BCUT2D eigenvalue weighted by molar-refractivity contribution is 0.765. The minimum atomic E-state index is 0.638. The smallest absolute Gasteiger partial charge is 0.0314 e. The predicted molar refractivity (Wildman–Crippen MR) is 76.5 cm³/mol. The summed E-state index contributed by atoms with van der Waals surface area (Å²) in [6.45, 7) is 2.22. The van der Waals surface area contributed by atoms with Crippen LogP contribution in [0.5, 0.6) is 0 Å². The molecule has 2 heteroatoms. The number of nitrogens with one attached hydrogen (secondary N) is 1. The molecule has 1 atom stereocenters. The van der Waals surface area contributed by atoms with Crippen LogP contribution in [0.4, 0.5) is 5.69 Å². The molecule has 1 unspecified atom stereocenters. The highest BCUT2D eigenvalue weighted by molar-refractivity contribution is 5.69. The lowest BCUT2D eigenvalue weighted by Gasteiger charge is -2.15. The zero-order chi connectivity index (χ0) is 12.4. The van der Waals surface area contributed by atoms with Crippen molar-refractivity contribution in [1.29, 1.82) is 0 Å². The predicted octanol–water partition coefficient (Wildman–Crippen LogP) is 3.01. The average molecular weight is 238 g/mol. The molecule has 18 heavy (non-hydrogen) atoms. The SMILES string of the molecule is Nc1ccc(-c2ccccc2C2CCNC2)cc1. The molecule has 0 spiro atoms. The van der Waals surface area contributed by atoms with E-state index in [4.69, 9.17) is 5.73 Å². The van der Waals surface area contributed by atoms with Crippen LogP contribution in [-0.2, 0) is 0 Å². The molecule has 1 fully saturated rings. The van der Waals surface area contributed by atoms with Gasteiger partial charge in [-0.3, -0.25) is 0 Å². The first-order valence-electron chi connectivity index (χ1n) is 6.50. The molecule has 0 saturated carbocycles. The van der Waals surface area contributed by atoms with Crippen LogP contribution in [0.2, 0.25) is 0 Å². The van der Waals surface area contributed by atoms with E-state index in [9.17, 15) is 0 Å². The summed E-state index contributed by atoms with van der Waals surface area (Å²) in [6.07, 6.45) is 1.23. The summed E-state index contributed by atoms with van der Waals surface area (Å²) in [6, 6.07) is 16.9. The number of benzene rings is 2. The zero-order valence-corrected chi connectivity index (χ0v) is 10.4. The highest BCUT2D eigenvalue weighted by Crippen LogP contribution is 2.32. The lowest BCUT2D eigenvalue weighted by Crippen LogP contribution is -2.08. The number of hydrogen-bond acceptors (Lipinski definition) is 2. The number of anilines is 1. The molecule has 0 aromatic heterocycles. The third-order valence-corrected chi connectivity index (χ3v) is 3.68. The molecule has 1 heterocycles. The van der Waals surface area contributed by atoms with E-state index in [1.807, 2.05) is 12.1 Å². The summed E-state index contributed by atoms with van der Waals surface area (Å²) in [4.78, 5) is 0. The Labute approximate surface area is 108 Å². The van der Waals surface area contributed by atoms with Gasteiger partial charge in [0, 0.05) is 12.2 Å². The first kappa shape index (κ1) is 11.3. The lowest BCUT2D eigenvalue weighted by atomic mass is 9.90. The number of hydrogen-bond donors (Lipinski definition) is 2. The van der Waals surface area contributed by atoms with Crippen LogP contribution in [0, 0.1) is 0 Å². The second-order valence-electron chi connectivity index (χ2n) is 4.90. The van der Waals surface area contributed by atoms with E-state index in [0.717, 1.165) is 18.8 Å². The molecule has 0 bridgehead atoms. The number of rotatable bonds is 2. The molecule has 0 aliphatic carbocycles. The van der Waals surface area contributed by atoms with Gasteiger partial charge in [-0.2, -0.15) is 0 Å². The molecule has 3 N–H and O–H groups in total. The summed E-state index contributed by atoms with van der Waals surface area (Å²) < 4.78 is 0. The van der Waals surface area contributed by atoms with E-state index in [1.54, 1.807) is 0 Å². The van der Waals surface area contributed by atoms with E-state index in [2.05, 4.69) is 41.7 Å². The van der Waals surface area contributed by atoms with Crippen molar-refractivity contribution in [3.8, 4) is 11.1 Å². The van der Waals surface area contributed by atoms with Gasteiger partial charge in [-0.1, -0.05) is 36.4 Å². The van der Waals surface area contributed by atoms with Crippen LogP contribution in [0.1, 0.15) is 17.9 Å². The standard InChI is InChI=1S/C16H18N2/c17-14-7-5-12(6-8-14)15-3-1-2-4-16(15)13-9-10-18-11-13/h1-8,13,18H,9-11,17H2. The van der Waals surface area contributed by atoms with Crippen LogP contribution in [-0.4, -0.2) is 13.1 Å². The Hall–Kier alpha value is -1.80. The van der Waals surface area contributed by atoms with Crippen LogP contribution in [0.3, 0.4) is 0 Å². The van der Waals surface area contributed by atoms with Gasteiger partial charge in [-0.05, 0) is 47.7 Å². The van der Waals surface area contributed by atoms with Crippen molar-refractivity contribution >= 4 is 5.69 Å². The summed E-state index contributed by atoms with van der Waals surface area (Å²) in [5.74, 6) is 0.638. The maximum atomic E-state index is 5.75. The third kappa shape index (κ3) is 2.12. The Balaban J connectivity index is 2.03. The molecule has 2 aromatic rings. The van der Waals surface area contributed by atoms with Crippen molar-refractivity contribution in [3.63, 3.8) is 0 Å². The Bertz CT molecular complexity index is 525. The fourth-order valence-electron chi connectivity index (χ4n) is 2.70. The van der Waals surface area contributed by atoms with Crippen molar-refractivity contribution in [2.45, 2.75) is 12.3 Å². The fraction of sp³-hybridized carbons (Fsp3) is 0.250. The van der Waals surface area contributed by atoms with Crippen LogP contribution in [0.15, 0.2) is 48.5 Å². The molecule has 1 aliphatic rings. The summed E-state index contributed by atoms with van der Waals surface area (Å²) >= 11 is 0. The van der Waals surface area contributed by atoms with Gasteiger partial charge >= 0.3 is 0 Å². The van der Waals surface area contributed by atoms with E-state index >= 15 is 0 Å². The maximum absolute atomic E-state index is 5.75. The molecule has 2 nitrogen and oxygen atoms in total. The quantitative estimate of drug-likeness (QED) is 0.789. The second-order valence-corrected chi connectivity index (χ2v) is 4.90. The van der Waals surface area contributed by atoms with Gasteiger partial charge in [0.2, 0.25) is 0 Å². The molecule has 3 rings (SSSR count). The van der Waals surface area contributed by atoms with Crippen molar-refractivity contribution < 1.29 is 0 Å². The molecular weight excluding hydrogens is 220 g/mol. The van der Waals surface area contributed by atoms with E-state index < -0.39 is 0 Å². The van der Waals surface area contributed by atoms with Crippen LogP contribution < -0.4 is 11.1 Å². The van der Waals surface area contributed by atoms with Gasteiger partial charge in [0.25, 0.3) is 0 Å². The first-order valence-corrected chi connectivity index (χ1v) is 6.50. The van der Waals surface area contributed by atoms with Crippen LogP contribution in [0.25, 0.3) is 11.1 Å². The van der Waals surface area contributed by atoms with E-state index in [0.29, 0.717) is 5.92 Å². The second kappa shape index (κ2) is 4.83. The van der Waals surface area contributed by atoms with Crippen LogP contribution >= 0.6 is 0 Å². The van der Waals surface area contributed by atoms with Gasteiger partial charge in [0.05, 0.1) is 0 Å². The van der Waals surface area contributed by atoms with Crippen molar-refractivity contribution in [1.82, 2.24) is 5.32 Å². The van der Waals surface area contributed by atoms with Crippen molar-refractivity contribution in [3.05, 3.63) is 54.1 Å². The van der Waals surface area contributed by atoms with E-state index in [1.165, 1.54) is 23.1 Å². The third-order valence-electron chi connectivity index (χ3n) is 3.68. The molecule has 2 aromatic carbocycles. The Morgan fingerprint density at radius 1 is 1.00 bits per heavy atom. The Morgan fingerprint density at radius 2 is 1.78 bits per heavy atom. The summed E-state index contributed by atoms with van der Waals surface area (Å²) in [7, 11) is 0. The minimum Gasteiger partial charge on any atom is -0.399 e. The van der Waals surface area contributed by atoms with Gasteiger partial charge in [-0.15, -0.1) is 0 Å². The van der Waals surface area contributed by atoms with E-state index in [-0.39, 0.29) is 0 Å². The Morgan fingerprint density at radius 3 is 2.50 bits per heavy atom. The number of nitrogen functional groups attached to an aromatic ring is 1. The topological polar surface area (TPSA) is 38.0 Å². The monoisotopic (exact) mass is 238 g/mol. The minimum absolute atomic E-state index is 0.638. The molecule has 0 radical (unpaired) electrons. The van der Waals surface area contributed by atoms with Crippen molar-refractivity contribution in [2.24, 2.45) is 0 Å². The van der Waals surface area contributed by atoms with Gasteiger partial charge < -0.3 is 11.1 Å². The summed E-state index contributed by atoms with van der Waals surface area (Å²) in [5, 5.41) is 3.44.